The number of hydrogen-bond acceptors (Lipinski definition) is 3. The predicted octanol–water partition coefficient (Wildman–Crippen LogP) is 3.72. The summed E-state index contributed by atoms with van der Waals surface area (Å²) in [6.45, 7) is 5.66. The molecule has 1 amide bonds. The zero-order valence-corrected chi connectivity index (χ0v) is 13.3. The molecule has 0 aliphatic heterocycles. The van der Waals surface area contributed by atoms with E-state index in [0.717, 1.165) is 11.1 Å². The average molecular weight is 299 g/mol. The van der Waals surface area contributed by atoms with Crippen LogP contribution in [0.5, 0.6) is 11.5 Å². The van der Waals surface area contributed by atoms with Crippen LogP contribution in [0.1, 0.15) is 18.1 Å². The van der Waals surface area contributed by atoms with Crippen molar-refractivity contribution < 1.29 is 14.3 Å². The Bertz CT molecular complexity index is 667. The third-order valence-electron chi connectivity index (χ3n) is 3.28. The van der Waals surface area contributed by atoms with Gasteiger partial charge in [-0.25, -0.2) is 0 Å². The fourth-order valence-electron chi connectivity index (χ4n) is 2.10. The summed E-state index contributed by atoms with van der Waals surface area (Å²) in [4.78, 5) is 12.3. The van der Waals surface area contributed by atoms with Gasteiger partial charge in [0.1, 0.15) is 11.5 Å². The molecule has 0 aromatic heterocycles. The molecule has 0 bridgehead atoms. The molecule has 4 heteroatoms. The standard InChI is InChI=1S/C18H21NO3/c1-12-6-5-7-15(10-12)22-14(3)18(20)19-16-11-13(2)8-9-17(16)21-4/h5-11,14H,1-4H3,(H,19,20). The monoisotopic (exact) mass is 299 g/mol. The number of methoxy groups -OCH3 is 1. The second kappa shape index (κ2) is 6.98. The highest BCUT2D eigenvalue weighted by atomic mass is 16.5. The van der Waals surface area contributed by atoms with Gasteiger partial charge in [-0.05, 0) is 56.2 Å². The Balaban J connectivity index is 2.07. The molecule has 0 saturated heterocycles. The van der Waals surface area contributed by atoms with Crippen molar-refractivity contribution in [3.8, 4) is 11.5 Å². The van der Waals surface area contributed by atoms with Gasteiger partial charge >= 0.3 is 0 Å². The number of amides is 1. The number of rotatable bonds is 5. The van der Waals surface area contributed by atoms with E-state index in [1.165, 1.54) is 0 Å². The van der Waals surface area contributed by atoms with Gasteiger partial charge < -0.3 is 14.8 Å². The van der Waals surface area contributed by atoms with Gasteiger partial charge in [0, 0.05) is 0 Å². The summed E-state index contributed by atoms with van der Waals surface area (Å²) < 4.78 is 10.9. The van der Waals surface area contributed by atoms with Gasteiger partial charge in [-0.15, -0.1) is 0 Å². The third kappa shape index (κ3) is 4.01. The SMILES string of the molecule is COc1ccc(C)cc1NC(=O)C(C)Oc1cccc(C)c1. The van der Waals surface area contributed by atoms with E-state index < -0.39 is 6.10 Å². The van der Waals surface area contributed by atoms with Crippen LogP contribution in [0.15, 0.2) is 42.5 Å². The fraction of sp³-hybridized carbons (Fsp3) is 0.278. The van der Waals surface area contributed by atoms with Crippen molar-refractivity contribution in [3.63, 3.8) is 0 Å². The molecule has 0 saturated carbocycles. The molecule has 1 atom stereocenters. The molecule has 2 aromatic rings. The molecule has 0 radical (unpaired) electrons. The van der Waals surface area contributed by atoms with E-state index in [2.05, 4.69) is 5.32 Å². The smallest absolute Gasteiger partial charge is 0.265 e. The second-order valence-electron chi connectivity index (χ2n) is 5.27. The van der Waals surface area contributed by atoms with Crippen molar-refractivity contribution >= 4 is 11.6 Å². The maximum Gasteiger partial charge on any atom is 0.265 e. The largest absolute Gasteiger partial charge is 0.495 e. The van der Waals surface area contributed by atoms with E-state index in [0.29, 0.717) is 17.2 Å². The Hall–Kier alpha value is -2.49. The molecule has 116 valence electrons. The normalized spacial score (nSPS) is 11.6. The van der Waals surface area contributed by atoms with E-state index in [-0.39, 0.29) is 5.91 Å². The van der Waals surface area contributed by atoms with E-state index >= 15 is 0 Å². The number of carbonyl (C=O) groups excluding carboxylic acids is 1. The number of nitrogens with one attached hydrogen (secondary N) is 1. The summed E-state index contributed by atoms with van der Waals surface area (Å²) in [6.07, 6.45) is -0.605. The van der Waals surface area contributed by atoms with Crippen LogP contribution in [-0.2, 0) is 4.79 Å². The Morgan fingerprint density at radius 2 is 1.82 bits per heavy atom. The lowest BCUT2D eigenvalue weighted by Gasteiger charge is -2.16. The summed E-state index contributed by atoms with van der Waals surface area (Å²) in [6, 6.07) is 13.3. The number of anilines is 1. The molecular formula is C18H21NO3. The van der Waals surface area contributed by atoms with Crippen molar-refractivity contribution in [2.24, 2.45) is 0 Å². The van der Waals surface area contributed by atoms with Gasteiger partial charge in [0.15, 0.2) is 6.10 Å². The Labute approximate surface area is 131 Å². The quantitative estimate of drug-likeness (QED) is 0.915. The molecule has 0 aliphatic carbocycles. The number of benzene rings is 2. The van der Waals surface area contributed by atoms with E-state index in [9.17, 15) is 4.79 Å². The molecule has 1 N–H and O–H groups in total. The van der Waals surface area contributed by atoms with Crippen LogP contribution in [0.25, 0.3) is 0 Å². The molecule has 0 aliphatic rings. The predicted molar refractivity (Wildman–Crippen MR) is 87.6 cm³/mol. The zero-order chi connectivity index (χ0) is 16.1. The van der Waals surface area contributed by atoms with Crippen LogP contribution in [0.4, 0.5) is 5.69 Å². The maximum absolute atomic E-state index is 12.3. The van der Waals surface area contributed by atoms with E-state index in [4.69, 9.17) is 9.47 Å². The van der Waals surface area contributed by atoms with Gasteiger partial charge in [0.2, 0.25) is 0 Å². The summed E-state index contributed by atoms with van der Waals surface area (Å²) in [7, 11) is 1.58. The Morgan fingerprint density at radius 3 is 2.50 bits per heavy atom. The highest BCUT2D eigenvalue weighted by molar-refractivity contribution is 5.95. The minimum absolute atomic E-state index is 0.217. The summed E-state index contributed by atoms with van der Waals surface area (Å²) in [5.74, 6) is 1.09. The molecule has 2 rings (SSSR count). The summed E-state index contributed by atoms with van der Waals surface area (Å²) in [5, 5.41) is 2.85. The van der Waals surface area contributed by atoms with Crippen LogP contribution < -0.4 is 14.8 Å². The second-order valence-corrected chi connectivity index (χ2v) is 5.27. The average Bonchev–Trinajstić information content (AvgIpc) is 2.47. The molecule has 22 heavy (non-hydrogen) atoms. The summed E-state index contributed by atoms with van der Waals surface area (Å²) >= 11 is 0. The van der Waals surface area contributed by atoms with Crippen LogP contribution in [0.2, 0.25) is 0 Å². The molecule has 0 spiro atoms. The Kier molecular flexibility index (Phi) is 5.04. The third-order valence-corrected chi connectivity index (χ3v) is 3.28. The van der Waals surface area contributed by atoms with Gasteiger partial charge in [0.25, 0.3) is 5.91 Å². The van der Waals surface area contributed by atoms with Gasteiger partial charge in [-0.1, -0.05) is 18.2 Å². The number of ether oxygens (including phenoxy) is 2. The highest BCUT2D eigenvalue weighted by Crippen LogP contribution is 2.25. The van der Waals surface area contributed by atoms with Crippen LogP contribution >= 0.6 is 0 Å². The van der Waals surface area contributed by atoms with E-state index in [1.807, 2.05) is 56.3 Å². The fourth-order valence-corrected chi connectivity index (χ4v) is 2.10. The van der Waals surface area contributed by atoms with Crippen molar-refractivity contribution in [3.05, 3.63) is 53.6 Å². The molecule has 2 aromatic carbocycles. The first-order chi connectivity index (χ1) is 10.5. The van der Waals surface area contributed by atoms with Gasteiger partial charge in [-0.3, -0.25) is 4.79 Å². The van der Waals surface area contributed by atoms with Gasteiger partial charge in [-0.2, -0.15) is 0 Å². The van der Waals surface area contributed by atoms with E-state index in [1.54, 1.807) is 14.0 Å². The molecule has 4 nitrogen and oxygen atoms in total. The minimum atomic E-state index is -0.605. The first-order valence-electron chi connectivity index (χ1n) is 7.18. The highest BCUT2D eigenvalue weighted by Gasteiger charge is 2.16. The van der Waals surface area contributed by atoms with Crippen LogP contribution in [0.3, 0.4) is 0 Å². The van der Waals surface area contributed by atoms with Crippen molar-refractivity contribution in [2.75, 3.05) is 12.4 Å². The van der Waals surface area contributed by atoms with Gasteiger partial charge in [0.05, 0.1) is 12.8 Å². The first kappa shape index (κ1) is 15.9. The zero-order valence-electron chi connectivity index (χ0n) is 13.3. The first-order valence-corrected chi connectivity index (χ1v) is 7.18. The molecule has 0 fully saturated rings. The minimum Gasteiger partial charge on any atom is -0.495 e. The Morgan fingerprint density at radius 1 is 1.09 bits per heavy atom. The van der Waals surface area contributed by atoms with Crippen LogP contribution in [-0.4, -0.2) is 19.1 Å². The number of hydrogen-bond donors (Lipinski definition) is 1. The van der Waals surface area contributed by atoms with Crippen molar-refractivity contribution in [2.45, 2.75) is 26.9 Å². The molecule has 0 heterocycles. The summed E-state index contributed by atoms with van der Waals surface area (Å²) in [5.41, 5.74) is 2.78. The van der Waals surface area contributed by atoms with Crippen LogP contribution in [0, 0.1) is 13.8 Å². The lowest BCUT2D eigenvalue weighted by molar-refractivity contribution is -0.122. The topological polar surface area (TPSA) is 47.6 Å². The lowest BCUT2D eigenvalue weighted by Crippen LogP contribution is -2.30. The molecular weight excluding hydrogens is 278 g/mol. The lowest BCUT2D eigenvalue weighted by atomic mass is 10.2. The van der Waals surface area contributed by atoms with Crippen molar-refractivity contribution in [1.29, 1.82) is 0 Å². The van der Waals surface area contributed by atoms with Crippen molar-refractivity contribution in [1.82, 2.24) is 0 Å². The maximum atomic E-state index is 12.3. The number of aryl methyl sites for hydroxylation is 2. The number of carbonyl (C=O) groups is 1. The molecule has 1 unspecified atom stereocenters.